The van der Waals surface area contributed by atoms with Crippen LogP contribution in [0.25, 0.3) is 17.0 Å². The minimum Gasteiger partial charge on any atom is -0.493 e. The highest BCUT2D eigenvalue weighted by molar-refractivity contribution is 14.1. The number of nitriles is 1. The molecule has 4 aromatic rings. The number of ether oxygens (including phenoxy) is 2. The zero-order valence-corrected chi connectivity index (χ0v) is 23.2. The molecule has 1 heterocycles. The summed E-state index contributed by atoms with van der Waals surface area (Å²) in [5.41, 5.74) is 3.85. The molecule has 0 fully saturated rings. The molecule has 1 amide bonds. The highest BCUT2D eigenvalue weighted by Gasteiger charge is 2.14. The Balaban J connectivity index is 1.43. The van der Waals surface area contributed by atoms with Gasteiger partial charge in [-0.3, -0.25) is 4.79 Å². The number of amides is 1. The topological polar surface area (TPSA) is 87.1 Å². The summed E-state index contributed by atoms with van der Waals surface area (Å²) in [5.74, 6) is 0.625. The number of halogens is 2. The first-order chi connectivity index (χ1) is 17.5. The molecule has 0 aliphatic heterocycles. The van der Waals surface area contributed by atoms with E-state index in [2.05, 4.69) is 48.8 Å². The Hall–Kier alpha value is -3.29. The molecule has 0 aliphatic carbocycles. The molecule has 6 nitrogen and oxygen atoms in total. The fourth-order valence-electron chi connectivity index (χ4n) is 3.76. The minimum absolute atomic E-state index is 0.00966. The van der Waals surface area contributed by atoms with E-state index in [-0.39, 0.29) is 5.57 Å². The molecular formula is C28H23BrIN3O3. The summed E-state index contributed by atoms with van der Waals surface area (Å²) in [6.07, 6.45) is 4.14. The summed E-state index contributed by atoms with van der Waals surface area (Å²) in [7, 11) is 1.55. The van der Waals surface area contributed by atoms with Gasteiger partial charge in [0.15, 0.2) is 11.5 Å². The van der Waals surface area contributed by atoms with Gasteiger partial charge in [-0.15, -0.1) is 0 Å². The second kappa shape index (κ2) is 12.1. The molecule has 0 atom stereocenters. The number of carbonyl (C=O) groups excluding carboxylic acids is 1. The Kier molecular flexibility index (Phi) is 8.67. The van der Waals surface area contributed by atoms with Crippen molar-refractivity contribution >= 4 is 61.4 Å². The molecular weight excluding hydrogens is 633 g/mol. The highest BCUT2D eigenvalue weighted by atomic mass is 127. The molecule has 2 N–H and O–H groups in total. The predicted octanol–water partition coefficient (Wildman–Crippen LogP) is 6.39. The first kappa shape index (κ1) is 25.8. The smallest absolute Gasteiger partial charge is 0.261 e. The monoisotopic (exact) mass is 655 g/mol. The third-order valence-electron chi connectivity index (χ3n) is 5.58. The number of methoxy groups -OCH3 is 1. The minimum atomic E-state index is -0.425. The normalized spacial score (nSPS) is 11.2. The highest BCUT2D eigenvalue weighted by Crippen LogP contribution is 2.37. The lowest BCUT2D eigenvalue weighted by Crippen LogP contribution is -2.26. The largest absolute Gasteiger partial charge is 0.493 e. The van der Waals surface area contributed by atoms with Crippen LogP contribution in [0.1, 0.15) is 16.7 Å². The van der Waals surface area contributed by atoms with Crippen LogP contribution in [-0.2, 0) is 17.8 Å². The van der Waals surface area contributed by atoms with Crippen LogP contribution in [0.15, 0.2) is 76.9 Å². The number of fused-ring (bicyclic) bond motifs is 1. The van der Waals surface area contributed by atoms with E-state index in [0.29, 0.717) is 41.1 Å². The lowest BCUT2D eigenvalue weighted by Gasteiger charge is -2.14. The SMILES string of the molecule is COc1cc(/C=C(/C#N)C(=O)NCCc2c[nH]c3ccccc23)cc(Br)c1OCc1ccc(I)cc1. The van der Waals surface area contributed by atoms with Gasteiger partial charge in [-0.25, -0.2) is 0 Å². The van der Waals surface area contributed by atoms with Crippen LogP contribution in [-0.4, -0.2) is 24.5 Å². The molecule has 0 unspecified atom stereocenters. The van der Waals surface area contributed by atoms with Crippen molar-refractivity contribution < 1.29 is 14.3 Å². The van der Waals surface area contributed by atoms with Crippen LogP contribution in [0, 0.1) is 14.9 Å². The quantitative estimate of drug-likeness (QED) is 0.124. The summed E-state index contributed by atoms with van der Waals surface area (Å²) in [5, 5.41) is 13.6. The Bertz CT molecular complexity index is 1460. The maximum Gasteiger partial charge on any atom is 0.261 e. The van der Waals surface area contributed by atoms with E-state index in [1.54, 1.807) is 19.2 Å². The van der Waals surface area contributed by atoms with E-state index in [1.807, 2.05) is 60.8 Å². The van der Waals surface area contributed by atoms with Crippen LogP contribution < -0.4 is 14.8 Å². The summed E-state index contributed by atoms with van der Waals surface area (Å²) in [6, 6.07) is 21.6. The Labute approximate surface area is 231 Å². The number of aromatic amines is 1. The van der Waals surface area contributed by atoms with Crippen LogP contribution in [0.4, 0.5) is 0 Å². The van der Waals surface area contributed by atoms with E-state index in [0.717, 1.165) is 25.6 Å². The van der Waals surface area contributed by atoms with Gasteiger partial charge in [0.2, 0.25) is 0 Å². The van der Waals surface area contributed by atoms with Crippen LogP contribution in [0.3, 0.4) is 0 Å². The first-order valence-electron chi connectivity index (χ1n) is 11.2. The number of hydrogen-bond acceptors (Lipinski definition) is 4. The van der Waals surface area contributed by atoms with Crippen LogP contribution >= 0.6 is 38.5 Å². The molecule has 0 spiro atoms. The van der Waals surface area contributed by atoms with E-state index < -0.39 is 5.91 Å². The zero-order valence-electron chi connectivity index (χ0n) is 19.5. The van der Waals surface area contributed by atoms with Crippen LogP contribution in [0.2, 0.25) is 0 Å². The van der Waals surface area contributed by atoms with Crippen molar-refractivity contribution in [1.29, 1.82) is 5.26 Å². The van der Waals surface area contributed by atoms with Crippen molar-refractivity contribution in [2.75, 3.05) is 13.7 Å². The molecule has 182 valence electrons. The van der Waals surface area contributed by atoms with E-state index >= 15 is 0 Å². The third-order valence-corrected chi connectivity index (χ3v) is 6.89. The number of H-pyrrole nitrogens is 1. The van der Waals surface area contributed by atoms with Crippen LogP contribution in [0.5, 0.6) is 11.5 Å². The average Bonchev–Trinajstić information content (AvgIpc) is 3.30. The van der Waals surface area contributed by atoms with E-state index in [1.165, 1.54) is 6.08 Å². The third kappa shape index (κ3) is 6.28. The molecule has 8 heteroatoms. The average molecular weight is 656 g/mol. The maximum absolute atomic E-state index is 12.7. The zero-order chi connectivity index (χ0) is 25.5. The van der Waals surface area contributed by atoms with Crippen molar-refractivity contribution in [2.24, 2.45) is 0 Å². The summed E-state index contributed by atoms with van der Waals surface area (Å²) < 4.78 is 13.3. The first-order valence-corrected chi connectivity index (χ1v) is 13.1. The molecule has 1 aromatic heterocycles. The summed E-state index contributed by atoms with van der Waals surface area (Å²) >= 11 is 5.79. The fourth-order valence-corrected chi connectivity index (χ4v) is 4.69. The van der Waals surface area contributed by atoms with Gasteiger partial charge in [0.05, 0.1) is 11.6 Å². The number of carbonyl (C=O) groups is 1. The van der Waals surface area contributed by atoms with Crippen molar-refractivity contribution in [3.05, 3.63) is 97.2 Å². The number of rotatable bonds is 9. The van der Waals surface area contributed by atoms with Gasteiger partial charge in [-0.1, -0.05) is 30.3 Å². The molecule has 0 radical (unpaired) electrons. The molecule has 0 saturated carbocycles. The number of benzene rings is 3. The predicted molar refractivity (Wildman–Crippen MR) is 153 cm³/mol. The van der Waals surface area contributed by atoms with Gasteiger partial charge in [0.25, 0.3) is 5.91 Å². The molecule has 0 aliphatic rings. The van der Waals surface area contributed by atoms with Gasteiger partial charge >= 0.3 is 0 Å². The molecule has 0 saturated heterocycles. The molecule has 36 heavy (non-hydrogen) atoms. The number of nitrogens with zero attached hydrogens (tertiary/aromatic N) is 1. The van der Waals surface area contributed by atoms with E-state index in [9.17, 15) is 10.1 Å². The number of hydrogen-bond donors (Lipinski definition) is 2. The van der Waals surface area contributed by atoms with Crippen molar-refractivity contribution in [3.8, 4) is 17.6 Å². The van der Waals surface area contributed by atoms with Gasteiger partial charge in [-0.05, 0) is 98.0 Å². The number of aromatic nitrogens is 1. The van der Waals surface area contributed by atoms with Gasteiger partial charge in [0.1, 0.15) is 18.2 Å². The number of para-hydroxylation sites is 1. The lowest BCUT2D eigenvalue weighted by atomic mass is 10.1. The van der Waals surface area contributed by atoms with Crippen molar-refractivity contribution in [1.82, 2.24) is 10.3 Å². The fraction of sp³-hybridized carbons (Fsp3) is 0.143. The Morgan fingerprint density at radius 2 is 1.97 bits per heavy atom. The molecule has 4 rings (SSSR count). The summed E-state index contributed by atoms with van der Waals surface area (Å²) in [6.45, 7) is 0.793. The second-order valence-corrected chi connectivity index (χ2v) is 10.1. The Morgan fingerprint density at radius 1 is 1.19 bits per heavy atom. The van der Waals surface area contributed by atoms with Gasteiger partial charge in [0, 0.05) is 27.2 Å². The van der Waals surface area contributed by atoms with Gasteiger partial charge in [-0.2, -0.15) is 5.26 Å². The summed E-state index contributed by atoms with van der Waals surface area (Å²) in [4.78, 5) is 15.9. The molecule has 3 aromatic carbocycles. The maximum atomic E-state index is 12.7. The second-order valence-electron chi connectivity index (χ2n) is 7.98. The van der Waals surface area contributed by atoms with Crippen molar-refractivity contribution in [2.45, 2.75) is 13.0 Å². The number of nitrogens with one attached hydrogen (secondary N) is 2. The molecule has 0 bridgehead atoms. The van der Waals surface area contributed by atoms with E-state index in [4.69, 9.17) is 9.47 Å². The standard InChI is InChI=1S/C28H23BrIN3O3/c1-35-26-14-19(13-24(29)27(26)36-17-18-6-8-22(30)9-7-18)12-21(15-31)28(34)32-11-10-20-16-33-25-5-3-2-4-23(20)25/h2-9,12-14,16,33H,10-11,17H2,1H3,(H,32,34)/b21-12-. The Morgan fingerprint density at radius 3 is 2.72 bits per heavy atom. The lowest BCUT2D eigenvalue weighted by molar-refractivity contribution is -0.117. The van der Waals surface area contributed by atoms with Gasteiger partial charge < -0.3 is 19.8 Å². The van der Waals surface area contributed by atoms with Crippen molar-refractivity contribution in [3.63, 3.8) is 0 Å².